The van der Waals surface area contributed by atoms with E-state index in [1.54, 1.807) is 35.5 Å². The van der Waals surface area contributed by atoms with Crippen LogP contribution < -0.4 is 4.74 Å². The van der Waals surface area contributed by atoms with Gasteiger partial charge in [0.25, 0.3) is 5.91 Å². The first-order valence-corrected chi connectivity index (χ1v) is 11.3. The molecule has 4 rings (SSSR count). The summed E-state index contributed by atoms with van der Waals surface area (Å²) in [6, 6.07) is 11.5. The molecule has 31 heavy (non-hydrogen) atoms. The van der Waals surface area contributed by atoms with Gasteiger partial charge in [-0.15, -0.1) is 11.3 Å². The standard InChI is InChI=1S/C23H27N3O4S/c1-29-12-11-25(23(28)17-5-6-17)15-22(27)26-20(16-7-9-18(30-2)10-8-16)14-19(24-26)21-4-3-13-31-21/h3-4,7-10,13,17,20H,5-6,11-12,14-15H2,1-2H3/t20-/m0/s1. The van der Waals surface area contributed by atoms with Crippen molar-refractivity contribution in [2.75, 3.05) is 33.9 Å². The molecule has 2 amide bonds. The minimum absolute atomic E-state index is 0.00652. The average molecular weight is 442 g/mol. The van der Waals surface area contributed by atoms with Gasteiger partial charge >= 0.3 is 0 Å². The molecule has 1 aliphatic carbocycles. The number of hydrogen-bond donors (Lipinski definition) is 0. The fourth-order valence-electron chi connectivity index (χ4n) is 3.71. The van der Waals surface area contributed by atoms with Gasteiger partial charge in [-0.1, -0.05) is 18.2 Å². The van der Waals surface area contributed by atoms with E-state index < -0.39 is 0 Å². The van der Waals surface area contributed by atoms with Crippen molar-refractivity contribution in [3.8, 4) is 5.75 Å². The Hall–Kier alpha value is -2.71. The zero-order valence-corrected chi connectivity index (χ0v) is 18.6. The van der Waals surface area contributed by atoms with Gasteiger partial charge in [0.15, 0.2) is 0 Å². The van der Waals surface area contributed by atoms with Gasteiger partial charge in [-0.3, -0.25) is 9.59 Å². The Labute approximate surface area is 186 Å². The summed E-state index contributed by atoms with van der Waals surface area (Å²) < 4.78 is 10.4. The van der Waals surface area contributed by atoms with Gasteiger partial charge in [0.1, 0.15) is 12.3 Å². The van der Waals surface area contributed by atoms with E-state index >= 15 is 0 Å². The molecule has 1 saturated carbocycles. The molecule has 0 radical (unpaired) electrons. The van der Waals surface area contributed by atoms with Crippen LogP contribution in [0.25, 0.3) is 0 Å². The second-order valence-electron chi connectivity index (χ2n) is 7.78. The van der Waals surface area contributed by atoms with E-state index in [1.165, 1.54) is 0 Å². The van der Waals surface area contributed by atoms with E-state index in [1.807, 2.05) is 41.8 Å². The van der Waals surface area contributed by atoms with Gasteiger partial charge in [-0.25, -0.2) is 5.01 Å². The summed E-state index contributed by atoms with van der Waals surface area (Å²) in [6.07, 6.45) is 2.43. The number of methoxy groups -OCH3 is 2. The maximum atomic E-state index is 13.4. The molecule has 7 nitrogen and oxygen atoms in total. The third kappa shape index (κ3) is 4.97. The van der Waals surface area contributed by atoms with Crippen molar-refractivity contribution in [1.29, 1.82) is 0 Å². The quantitative estimate of drug-likeness (QED) is 0.599. The van der Waals surface area contributed by atoms with Gasteiger partial charge in [-0.2, -0.15) is 5.10 Å². The van der Waals surface area contributed by atoms with Crippen molar-refractivity contribution in [2.24, 2.45) is 11.0 Å². The summed E-state index contributed by atoms with van der Waals surface area (Å²) >= 11 is 1.61. The summed E-state index contributed by atoms with van der Waals surface area (Å²) in [5.74, 6) is 0.663. The van der Waals surface area contributed by atoms with Crippen molar-refractivity contribution in [3.63, 3.8) is 0 Å². The van der Waals surface area contributed by atoms with Crippen LogP contribution in [0, 0.1) is 5.92 Å². The van der Waals surface area contributed by atoms with Crippen molar-refractivity contribution in [3.05, 3.63) is 52.2 Å². The van der Waals surface area contributed by atoms with E-state index in [9.17, 15) is 9.59 Å². The van der Waals surface area contributed by atoms with Crippen molar-refractivity contribution in [1.82, 2.24) is 9.91 Å². The highest BCUT2D eigenvalue weighted by atomic mass is 32.1. The average Bonchev–Trinajstić information content (AvgIpc) is 3.31. The highest BCUT2D eigenvalue weighted by molar-refractivity contribution is 7.12. The van der Waals surface area contributed by atoms with Crippen LogP contribution in [-0.4, -0.2) is 61.4 Å². The van der Waals surface area contributed by atoms with Crippen LogP contribution in [0.2, 0.25) is 0 Å². The Balaban J connectivity index is 1.57. The molecule has 0 N–H and O–H groups in total. The molecule has 0 bridgehead atoms. The fourth-order valence-corrected chi connectivity index (χ4v) is 4.43. The molecule has 1 fully saturated rings. The van der Waals surface area contributed by atoms with Crippen LogP contribution in [-0.2, 0) is 14.3 Å². The number of thiophene rings is 1. The molecule has 2 aromatic rings. The molecule has 8 heteroatoms. The minimum atomic E-state index is -0.212. The van der Waals surface area contributed by atoms with E-state index in [0.29, 0.717) is 19.6 Å². The summed E-state index contributed by atoms with van der Waals surface area (Å²) in [5.41, 5.74) is 1.88. The number of rotatable bonds is 9. The molecule has 1 aromatic heterocycles. The predicted octanol–water partition coefficient (Wildman–Crippen LogP) is 3.32. The largest absolute Gasteiger partial charge is 0.497 e. The van der Waals surface area contributed by atoms with Crippen LogP contribution in [0.3, 0.4) is 0 Å². The Kier molecular flexibility index (Phi) is 6.67. The first-order valence-electron chi connectivity index (χ1n) is 10.5. The zero-order valence-electron chi connectivity index (χ0n) is 17.8. The van der Waals surface area contributed by atoms with Crippen LogP contribution in [0.4, 0.5) is 0 Å². The summed E-state index contributed by atoms with van der Waals surface area (Å²) in [6.45, 7) is 0.810. The fraction of sp³-hybridized carbons (Fsp3) is 0.435. The monoisotopic (exact) mass is 441 g/mol. The maximum absolute atomic E-state index is 13.4. The number of nitrogens with zero attached hydrogens (tertiary/aromatic N) is 3. The molecule has 0 spiro atoms. The van der Waals surface area contributed by atoms with Gasteiger partial charge in [0.05, 0.1) is 30.3 Å². The van der Waals surface area contributed by atoms with Gasteiger partial charge in [0, 0.05) is 26.0 Å². The number of benzene rings is 1. The Morgan fingerprint density at radius 3 is 2.58 bits per heavy atom. The van der Waals surface area contributed by atoms with Crippen molar-refractivity contribution in [2.45, 2.75) is 25.3 Å². The molecule has 0 unspecified atom stereocenters. The van der Waals surface area contributed by atoms with E-state index in [4.69, 9.17) is 14.6 Å². The van der Waals surface area contributed by atoms with Crippen LogP contribution in [0.15, 0.2) is 46.9 Å². The molecular formula is C23H27N3O4S. The molecular weight excluding hydrogens is 414 g/mol. The lowest BCUT2D eigenvalue weighted by Crippen LogP contribution is -2.43. The van der Waals surface area contributed by atoms with Crippen molar-refractivity contribution < 1.29 is 19.1 Å². The first kappa shape index (κ1) is 21.5. The molecule has 0 saturated heterocycles. The van der Waals surface area contributed by atoms with Crippen LogP contribution in [0.1, 0.15) is 35.7 Å². The third-order valence-electron chi connectivity index (χ3n) is 5.60. The smallest absolute Gasteiger partial charge is 0.262 e. The Morgan fingerprint density at radius 1 is 1.19 bits per heavy atom. The van der Waals surface area contributed by atoms with E-state index in [-0.39, 0.29) is 30.3 Å². The third-order valence-corrected chi connectivity index (χ3v) is 6.52. The van der Waals surface area contributed by atoms with Crippen molar-refractivity contribution >= 4 is 28.9 Å². The number of carbonyl (C=O) groups excluding carboxylic acids is 2. The second-order valence-corrected chi connectivity index (χ2v) is 8.73. The minimum Gasteiger partial charge on any atom is -0.497 e. The molecule has 1 aromatic carbocycles. The zero-order chi connectivity index (χ0) is 21.8. The molecule has 164 valence electrons. The number of amides is 2. The van der Waals surface area contributed by atoms with Gasteiger partial charge in [0.2, 0.25) is 5.91 Å². The predicted molar refractivity (Wildman–Crippen MR) is 119 cm³/mol. The molecule has 1 atom stereocenters. The summed E-state index contributed by atoms with van der Waals surface area (Å²) in [4.78, 5) is 28.7. The normalized spacial score (nSPS) is 18.1. The Morgan fingerprint density at radius 2 is 1.97 bits per heavy atom. The first-order chi connectivity index (χ1) is 15.1. The molecule has 2 heterocycles. The number of carbonyl (C=O) groups is 2. The lowest BCUT2D eigenvalue weighted by molar-refractivity contribution is -0.142. The number of hydrazone groups is 1. The summed E-state index contributed by atoms with van der Waals surface area (Å²) in [5, 5.41) is 8.25. The van der Waals surface area contributed by atoms with Gasteiger partial charge < -0.3 is 14.4 Å². The number of ether oxygens (including phenoxy) is 2. The number of hydrogen-bond acceptors (Lipinski definition) is 6. The molecule has 2 aliphatic rings. The highest BCUT2D eigenvalue weighted by Gasteiger charge is 2.37. The van der Waals surface area contributed by atoms with E-state index in [2.05, 4.69) is 0 Å². The second kappa shape index (κ2) is 9.62. The van der Waals surface area contributed by atoms with Crippen LogP contribution >= 0.6 is 11.3 Å². The maximum Gasteiger partial charge on any atom is 0.262 e. The lowest BCUT2D eigenvalue weighted by Gasteiger charge is -2.27. The molecule has 1 aliphatic heterocycles. The SMILES string of the molecule is COCCN(CC(=O)N1N=C(c2cccs2)C[C@H]1c1ccc(OC)cc1)C(=O)C1CC1. The van der Waals surface area contributed by atoms with Crippen LogP contribution in [0.5, 0.6) is 5.75 Å². The van der Waals surface area contributed by atoms with Gasteiger partial charge in [-0.05, 0) is 42.0 Å². The van der Waals surface area contributed by atoms with E-state index in [0.717, 1.165) is 34.7 Å². The topological polar surface area (TPSA) is 71.4 Å². The Bertz CT molecular complexity index is 938. The highest BCUT2D eigenvalue weighted by Crippen LogP contribution is 2.35. The summed E-state index contributed by atoms with van der Waals surface area (Å²) in [7, 11) is 3.23. The lowest BCUT2D eigenvalue weighted by atomic mass is 10.0.